The number of hydrogen-bond acceptors (Lipinski definition) is 5. The van der Waals surface area contributed by atoms with E-state index in [-0.39, 0.29) is 17.4 Å². The zero-order valence-electron chi connectivity index (χ0n) is 12.1. The molecule has 1 fully saturated rings. The summed E-state index contributed by atoms with van der Waals surface area (Å²) in [5, 5.41) is 2.85. The number of nitrogens with zero attached hydrogens (tertiary/aromatic N) is 1. The number of aryl methyl sites for hydroxylation is 1. The van der Waals surface area contributed by atoms with Gasteiger partial charge in [-0.3, -0.25) is 4.79 Å². The highest BCUT2D eigenvalue weighted by Gasteiger charge is 2.21. The second kappa shape index (κ2) is 6.44. The van der Waals surface area contributed by atoms with Crippen molar-refractivity contribution >= 4 is 27.1 Å². The number of benzene rings is 1. The van der Waals surface area contributed by atoms with Gasteiger partial charge in [0.2, 0.25) is 5.91 Å². The number of nitrogens with one attached hydrogen (secondary N) is 1. The summed E-state index contributed by atoms with van der Waals surface area (Å²) in [6.45, 7) is 3.49. The number of nitrogen functional groups attached to an aromatic ring is 1. The molecule has 0 saturated carbocycles. The van der Waals surface area contributed by atoms with Gasteiger partial charge >= 0.3 is 0 Å². The maximum atomic E-state index is 11.9. The number of hydrogen-bond donors (Lipinski definition) is 2. The Bertz CT molecular complexity index is 614. The molecule has 0 unspecified atom stereocenters. The van der Waals surface area contributed by atoms with Gasteiger partial charge in [-0.05, 0) is 30.7 Å². The van der Waals surface area contributed by atoms with Crippen molar-refractivity contribution in [3.8, 4) is 0 Å². The molecule has 0 spiro atoms. The lowest BCUT2D eigenvalue weighted by atomic mass is 10.2. The lowest BCUT2D eigenvalue weighted by Crippen LogP contribution is -2.41. The number of carbonyl (C=O) groups excluding carboxylic acids is 1. The van der Waals surface area contributed by atoms with E-state index in [4.69, 9.17) is 5.73 Å². The Hall–Kier alpha value is -1.60. The molecule has 0 aliphatic carbocycles. The Labute approximate surface area is 125 Å². The Morgan fingerprint density at radius 3 is 2.62 bits per heavy atom. The van der Waals surface area contributed by atoms with Crippen LogP contribution < -0.4 is 11.1 Å². The fourth-order valence-corrected chi connectivity index (χ4v) is 3.55. The van der Waals surface area contributed by atoms with E-state index in [1.807, 2.05) is 17.9 Å². The Morgan fingerprint density at radius 2 is 2.00 bits per heavy atom. The van der Waals surface area contributed by atoms with Crippen LogP contribution in [0, 0.1) is 6.92 Å². The van der Waals surface area contributed by atoms with Crippen LogP contribution in [0.15, 0.2) is 18.2 Å². The number of rotatable bonds is 4. The molecular weight excluding hydrogens is 290 g/mol. The van der Waals surface area contributed by atoms with Crippen LogP contribution in [-0.4, -0.2) is 50.4 Å². The molecule has 1 aromatic rings. The second-order valence-corrected chi connectivity index (χ2v) is 7.67. The normalized spacial score (nSPS) is 18.3. The minimum Gasteiger partial charge on any atom is -0.399 e. The molecule has 2 rings (SSSR count). The third-order valence-electron chi connectivity index (χ3n) is 3.62. The van der Waals surface area contributed by atoms with Crippen molar-refractivity contribution in [2.45, 2.75) is 13.3 Å². The molecule has 1 saturated heterocycles. The van der Waals surface area contributed by atoms with Gasteiger partial charge in [0.1, 0.15) is 0 Å². The summed E-state index contributed by atoms with van der Waals surface area (Å²) in [5.74, 6) is 0.300. The van der Waals surface area contributed by atoms with E-state index in [0.717, 1.165) is 11.3 Å². The fraction of sp³-hybridized carbons (Fsp3) is 0.500. The van der Waals surface area contributed by atoms with Gasteiger partial charge in [-0.25, -0.2) is 8.42 Å². The molecule has 0 atom stereocenters. The monoisotopic (exact) mass is 311 g/mol. The molecule has 0 aromatic heterocycles. The molecule has 1 aromatic carbocycles. The van der Waals surface area contributed by atoms with Gasteiger partial charge < -0.3 is 16.0 Å². The summed E-state index contributed by atoms with van der Waals surface area (Å²) in [6, 6.07) is 5.35. The highest BCUT2D eigenvalue weighted by molar-refractivity contribution is 7.91. The molecule has 1 aliphatic rings. The molecular formula is C14H21N3O3S. The number of carbonyl (C=O) groups is 1. The van der Waals surface area contributed by atoms with Crippen molar-refractivity contribution in [3.05, 3.63) is 23.8 Å². The first-order valence-electron chi connectivity index (χ1n) is 6.94. The van der Waals surface area contributed by atoms with Crippen molar-refractivity contribution in [3.63, 3.8) is 0 Å². The predicted octanol–water partition coefficient (Wildman–Crippen LogP) is 0.636. The van der Waals surface area contributed by atoms with E-state index >= 15 is 0 Å². The zero-order valence-corrected chi connectivity index (χ0v) is 12.9. The van der Waals surface area contributed by atoms with E-state index < -0.39 is 9.84 Å². The lowest BCUT2D eigenvalue weighted by Gasteiger charge is -2.26. The van der Waals surface area contributed by atoms with Crippen molar-refractivity contribution in [2.75, 3.05) is 42.2 Å². The van der Waals surface area contributed by atoms with Crippen LogP contribution >= 0.6 is 0 Å². The van der Waals surface area contributed by atoms with E-state index in [2.05, 4.69) is 5.32 Å². The quantitative estimate of drug-likeness (QED) is 0.796. The van der Waals surface area contributed by atoms with Gasteiger partial charge in [0.05, 0.1) is 11.5 Å². The molecule has 21 heavy (non-hydrogen) atoms. The fourth-order valence-electron chi connectivity index (χ4n) is 2.27. The molecule has 1 aliphatic heterocycles. The highest BCUT2D eigenvalue weighted by atomic mass is 32.2. The van der Waals surface area contributed by atoms with Gasteiger partial charge in [0, 0.05) is 37.4 Å². The van der Waals surface area contributed by atoms with Crippen LogP contribution in [0.25, 0.3) is 0 Å². The second-order valence-electron chi connectivity index (χ2n) is 5.37. The third kappa shape index (κ3) is 4.71. The molecule has 0 radical (unpaired) electrons. The Balaban J connectivity index is 1.80. The highest BCUT2D eigenvalue weighted by Crippen LogP contribution is 2.17. The summed E-state index contributed by atoms with van der Waals surface area (Å²) in [6.07, 6.45) is 0.351. The topological polar surface area (TPSA) is 92.5 Å². The first-order valence-corrected chi connectivity index (χ1v) is 8.77. The van der Waals surface area contributed by atoms with Gasteiger partial charge in [-0.15, -0.1) is 0 Å². The minimum atomic E-state index is -2.87. The van der Waals surface area contributed by atoms with Crippen molar-refractivity contribution < 1.29 is 13.2 Å². The molecule has 1 heterocycles. The lowest BCUT2D eigenvalue weighted by molar-refractivity contribution is -0.116. The van der Waals surface area contributed by atoms with Gasteiger partial charge in [-0.2, -0.15) is 0 Å². The van der Waals surface area contributed by atoms with Gasteiger partial charge in [0.25, 0.3) is 0 Å². The average Bonchev–Trinajstić information content (AvgIpc) is 2.41. The summed E-state index contributed by atoms with van der Waals surface area (Å²) in [7, 11) is -2.87. The van der Waals surface area contributed by atoms with Crippen molar-refractivity contribution in [1.82, 2.24) is 4.90 Å². The number of sulfone groups is 1. The zero-order chi connectivity index (χ0) is 15.5. The third-order valence-corrected chi connectivity index (χ3v) is 5.23. The van der Waals surface area contributed by atoms with Crippen LogP contribution in [-0.2, 0) is 14.6 Å². The number of nitrogens with two attached hydrogens (primary N) is 1. The van der Waals surface area contributed by atoms with Crippen LogP contribution in [0.5, 0.6) is 0 Å². The standard InChI is InChI=1S/C14H21N3O3S/c1-11-10-12(15)2-3-13(11)16-14(18)4-5-17-6-8-21(19,20)9-7-17/h2-3,10H,4-9,15H2,1H3,(H,16,18). The molecule has 6 nitrogen and oxygen atoms in total. The van der Waals surface area contributed by atoms with Crippen molar-refractivity contribution in [1.29, 1.82) is 0 Å². The number of amides is 1. The summed E-state index contributed by atoms with van der Waals surface area (Å²) < 4.78 is 22.6. The van der Waals surface area contributed by atoms with Crippen LogP contribution in [0.2, 0.25) is 0 Å². The van der Waals surface area contributed by atoms with E-state index in [9.17, 15) is 13.2 Å². The molecule has 116 valence electrons. The smallest absolute Gasteiger partial charge is 0.225 e. The van der Waals surface area contributed by atoms with E-state index in [1.54, 1.807) is 12.1 Å². The first kappa shape index (κ1) is 15.8. The van der Waals surface area contributed by atoms with Gasteiger partial charge in [0.15, 0.2) is 9.84 Å². The SMILES string of the molecule is Cc1cc(N)ccc1NC(=O)CCN1CCS(=O)(=O)CC1. The summed E-state index contributed by atoms with van der Waals surface area (Å²) in [5.41, 5.74) is 8.02. The van der Waals surface area contributed by atoms with Crippen LogP contribution in [0.4, 0.5) is 11.4 Å². The molecule has 3 N–H and O–H groups in total. The Morgan fingerprint density at radius 1 is 1.33 bits per heavy atom. The van der Waals surface area contributed by atoms with E-state index in [0.29, 0.717) is 31.7 Å². The summed E-state index contributed by atoms with van der Waals surface area (Å²) in [4.78, 5) is 13.9. The molecule has 1 amide bonds. The van der Waals surface area contributed by atoms with Crippen molar-refractivity contribution in [2.24, 2.45) is 0 Å². The van der Waals surface area contributed by atoms with Gasteiger partial charge in [-0.1, -0.05) is 0 Å². The minimum absolute atomic E-state index is 0.0729. The average molecular weight is 311 g/mol. The maximum absolute atomic E-state index is 11.9. The maximum Gasteiger partial charge on any atom is 0.225 e. The summed E-state index contributed by atoms with van der Waals surface area (Å²) >= 11 is 0. The first-order chi connectivity index (χ1) is 9.85. The largest absolute Gasteiger partial charge is 0.399 e. The Kier molecular flexibility index (Phi) is 4.84. The molecule has 0 bridgehead atoms. The van der Waals surface area contributed by atoms with Crippen LogP contribution in [0.1, 0.15) is 12.0 Å². The van der Waals surface area contributed by atoms with E-state index in [1.165, 1.54) is 0 Å². The van der Waals surface area contributed by atoms with Crippen LogP contribution in [0.3, 0.4) is 0 Å². The predicted molar refractivity (Wildman–Crippen MR) is 83.9 cm³/mol. The molecule has 7 heteroatoms. The number of anilines is 2.